The molecule has 0 radical (unpaired) electrons. The molecule has 19 heteroatoms. The summed E-state index contributed by atoms with van der Waals surface area (Å²) in [6, 6.07) is 21.1. The van der Waals surface area contributed by atoms with E-state index in [9.17, 15) is 40.3 Å². The summed E-state index contributed by atoms with van der Waals surface area (Å²) >= 11 is 4.20. The predicted octanol–water partition coefficient (Wildman–Crippen LogP) is 6.33. The van der Waals surface area contributed by atoms with Gasteiger partial charge < -0.3 is 10.6 Å². The largest absolute Gasteiger partial charge is 0.323 e. The molecule has 6 rings (SSSR count). The quantitative estimate of drug-likeness (QED) is 0.0649. The first-order chi connectivity index (χ1) is 24.6. The molecule has 0 aliphatic heterocycles. The minimum Gasteiger partial charge on any atom is -0.308 e. The van der Waals surface area contributed by atoms with Crippen LogP contribution in [0.3, 0.4) is 0 Å². The van der Waals surface area contributed by atoms with Crippen LogP contribution in [-0.2, 0) is 20.2 Å². The number of carbonyl (C=O) groups is 3. The topological polar surface area (TPSA) is 233 Å². The zero-order valence-electron chi connectivity index (χ0n) is 26.0. The van der Waals surface area contributed by atoms with E-state index in [2.05, 4.69) is 76.9 Å². The summed E-state index contributed by atoms with van der Waals surface area (Å²) in [5.74, 6) is -1.59. The smallest absolute Gasteiger partial charge is 0.308 e. The van der Waals surface area contributed by atoms with E-state index in [1.54, 1.807) is 48.5 Å². The number of carbonyl (C=O) groups excluding carboxylic acids is 3. The van der Waals surface area contributed by atoms with Crippen molar-refractivity contribution in [1.29, 1.82) is 0 Å². The molecule has 52 heavy (non-hydrogen) atoms. The lowest BCUT2D eigenvalue weighted by atomic mass is 9.94. The molecule has 0 spiro atoms. The third-order valence-electron chi connectivity index (χ3n) is 7.42. The number of hydrogen-bond donors (Lipinski definition) is 6. The van der Waals surface area contributed by atoms with Gasteiger partial charge >= 0.3 is 6.03 Å². The van der Waals surface area contributed by atoms with Crippen LogP contribution >= 0.6 is 45.2 Å². The van der Waals surface area contributed by atoms with E-state index in [1.807, 2.05) is 0 Å². The van der Waals surface area contributed by atoms with E-state index in [0.29, 0.717) is 11.4 Å². The lowest BCUT2D eigenvalue weighted by Crippen LogP contribution is -2.27. The van der Waals surface area contributed by atoms with Crippen LogP contribution in [0.25, 0.3) is 12.2 Å². The molecule has 0 unspecified atom stereocenters. The van der Waals surface area contributed by atoms with Gasteiger partial charge in [0.15, 0.2) is 11.4 Å². The Labute approximate surface area is 323 Å². The highest BCUT2D eigenvalue weighted by Crippen LogP contribution is 2.30. The van der Waals surface area contributed by atoms with Crippen LogP contribution in [0.2, 0.25) is 0 Å². The summed E-state index contributed by atoms with van der Waals surface area (Å²) in [6.45, 7) is 0. The zero-order valence-corrected chi connectivity index (χ0v) is 31.9. The number of amides is 2. The molecular formula is C33H22I2N6O9S2. The van der Waals surface area contributed by atoms with Crippen LogP contribution < -0.4 is 21.5 Å². The highest BCUT2D eigenvalue weighted by molar-refractivity contribution is 14.1. The van der Waals surface area contributed by atoms with Gasteiger partial charge in [0.05, 0.1) is 11.4 Å². The molecule has 0 fully saturated rings. The average molecular weight is 965 g/mol. The van der Waals surface area contributed by atoms with Crippen LogP contribution in [0.4, 0.5) is 27.5 Å². The van der Waals surface area contributed by atoms with E-state index in [-0.39, 0.29) is 33.6 Å². The SMILES string of the molecule is O=C(Nc1ccc2c(c1)C=C(S(=O)(=O)O)/C(=N/Nc1ccc(I)cc1)C2=O)Nc1ccc2c(c1)C=C(S(=O)(=O)O)/C(=N/Nc1ccc(I)cc1)C2=O. The van der Waals surface area contributed by atoms with Crippen LogP contribution in [-0.4, -0.2) is 55.0 Å². The third kappa shape index (κ3) is 8.29. The number of hydrazone groups is 2. The van der Waals surface area contributed by atoms with Crippen molar-refractivity contribution < 1.29 is 40.3 Å². The summed E-state index contributed by atoms with van der Waals surface area (Å²) in [4.78, 5) is 38.1. The molecule has 264 valence electrons. The number of ketones is 2. The number of nitrogens with one attached hydrogen (secondary N) is 4. The Bertz CT molecular complexity index is 2360. The lowest BCUT2D eigenvalue weighted by Gasteiger charge is -2.18. The first-order valence-corrected chi connectivity index (χ1v) is 19.6. The number of allylic oxidation sites excluding steroid dienone is 2. The number of fused-ring (bicyclic) bond motifs is 2. The van der Waals surface area contributed by atoms with Gasteiger partial charge in [-0.15, -0.1) is 0 Å². The normalized spacial score (nSPS) is 15.7. The number of halogens is 2. The van der Waals surface area contributed by atoms with Gasteiger partial charge in [-0.2, -0.15) is 27.0 Å². The van der Waals surface area contributed by atoms with Gasteiger partial charge in [0, 0.05) is 29.6 Å². The van der Waals surface area contributed by atoms with E-state index < -0.39 is 59.1 Å². The fraction of sp³-hybridized carbons (Fsp3) is 0. The summed E-state index contributed by atoms with van der Waals surface area (Å²) in [5, 5.41) is 13.0. The maximum absolute atomic E-state index is 13.3. The lowest BCUT2D eigenvalue weighted by molar-refractivity contribution is 0.105. The maximum atomic E-state index is 13.3. The fourth-order valence-electron chi connectivity index (χ4n) is 5.02. The van der Waals surface area contributed by atoms with Crippen molar-refractivity contribution in [2.45, 2.75) is 0 Å². The Morgan fingerprint density at radius 2 is 0.904 bits per heavy atom. The fourth-order valence-corrected chi connectivity index (χ4v) is 7.06. The highest BCUT2D eigenvalue weighted by atomic mass is 127. The van der Waals surface area contributed by atoms with Gasteiger partial charge in [-0.3, -0.25) is 29.5 Å². The van der Waals surface area contributed by atoms with Crippen LogP contribution in [0.5, 0.6) is 0 Å². The second-order valence-corrected chi connectivity index (χ2v) is 16.2. The summed E-state index contributed by atoms with van der Waals surface area (Å²) in [5.41, 5.74) is 5.64. The number of hydrogen-bond acceptors (Lipinski definition) is 11. The number of benzene rings is 4. The average Bonchev–Trinajstić information content (AvgIpc) is 3.07. The Hall–Kier alpha value is -4.81. The summed E-state index contributed by atoms with van der Waals surface area (Å²) in [6.07, 6.45) is 2.10. The monoisotopic (exact) mass is 964 g/mol. The number of Topliss-reactive ketones (excluding diaryl/α,β-unsaturated/α-hetero) is 2. The molecule has 2 amide bonds. The third-order valence-corrected chi connectivity index (χ3v) is 10.6. The molecule has 6 N–H and O–H groups in total. The number of anilines is 4. The molecule has 0 heterocycles. The Kier molecular flexibility index (Phi) is 10.4. The van der Waals surface area contributed by atoms with Crippen LogP contribution in [0, 0.1) is 7.14 Å². The van der Waals surface area contributed by atoms with E-state index in [0.717, 1.165) is 19.3 Å². The predicted molar refractivity (Wildman–Crippen MR) is 214 cm³/mol. The van der Waals surface area contributed by atoms with Gasteiger partial charge in [-0.05, 0) is 153 Å². The van der Waals surface area contributed by atoms with Gasteiger partial charge in [-0.1, -0.05) is 0 Å². The molecule has 0 saturated carbocycles. The van der Waals surface area contributed by atoms with Crippen LogP contribution in [0.15, 0.2) is 105 Å². The van der Waals surface area contributed by atoms with Crippen molar-refractivity contribution in [3.8, 4) is 0 Å². The molecule has 0 bridgehead atoms. The number of rotatable bonds is 8. The second-order valence-electron chi connectivity index (χ2n) is 11.0. The standard InChI is InChI=1S/C33H22I2N6O9S2/c34-19-1-5-21(6-2-19)38-40-29-27(51(45,46)47)15-17-13-23(9-11-25(17)31(29)42)36-33(44)37-24-10-12-26-18(14-24)16-28(52(48,49)50)30(32(26)43)41-39-22-7-3-20(35)4-8-22/h1-16,38-39H,(H2,36,37,44)(H,45,46,47)(H,48,49,50)/b40-29-,41-30-. The molecule has 0 atom stereocenters. The first-order valence-electron chi connectivity index (χ1n) is 14.6. The molecular weight excluding hydrogens is 942 g/mol. The second kappa shape index (κ2) is 14.7. The van der Waals surface area contributed by atoms with Gasteiger partial charge in [0.25, 0.3) is 20.2 Å². The van der Waals surface area contributed by atoms with Crippen molar-refractivity contribution in [3.63, 3.8) is 0 Å². The van der Waals surface area contributed by atoms with Crippen molar-refractivity contribution in [1.82, 2.24) is 0 Å². The van der Waals surface area contributed by atoms with Crippen molar-refractivity contribution >= 4 is 129 Å². The summed E-state index contributed by atoms with van der Waals surface area (Å²) < 4.78 is 70.7. The molecule has 15 nitrogen and oxygen atoms in total. The molecule has 2 aliphatic rings. The minimum absolute atomic E-state index is 0.0546. The molecule has 0 aromatic heterocycles. The van der Waals surface area contributed by atoms with Gasteiger partial charge in [0.1, 0.15) is 9.81 Å². The van der Waals surface area contributed by atoms with Gasteiger partial charge in [-0.25, -0.2) is 4.79 Å². The molecule has 2 aliphatic carbocycles. The van der Waals surface area contributed by atoms with Crippen molar-refractivity contribution in [2.75, 3.05) is 21.5 Å². The van der Waals surface area contributed by atoms with Gasteiger partial charge in [0.2, 0.25) is 11.6 Å². The van der Waals surface area contributed by atoms with Crippen molar-refractivity contribution in [2.24, 2.45) is 10.2 Å². The Morgan fingerprint density at radius 3 is 1.25 bits per heavy atom. The minimum atomic E-state index is -4.91. The van der Waals surface area contributed by atoms with Crippen LogP contribution in [0.1, 0.15) is 31.8 Å². The molecule has 0 saturated heterocycles. The van der Waals surface area contributed by atoms with E-state index >= 15 is 0 Å². The zero-order chi connectivity index (χ0) is 37.4. The Morgan fingerprint density at radius 1 is 0.558 bits per heavy atom. The van der Waals surface area contributed by atoms with Crippen molar-refractivity contribution in [3.05, 3.63) is 124 Å². The highest BCUT2D eigenvalue weighted by Gasteiger charge is 2.34. The summed E-state index contributed by atoms with van der Waals surface area (Å²) in [7, 11) is -9.82. The molecule has 4 aromatic rings. The first kappa shape index (κ1) is 37.0. The van der Waals surface area contributed by atoms with E-state index in [4.69, 9.17) is 0 Å². The Balaban J connectivity index is 1.21. The number of nitrogens with zero attached hydrogens (tertiary/aromatic N) is 2. The maximum Gasteiger partial charge on any atom is 0.323 e. The van der Waals surface area contributed by atoms with E-state index in [1.165, 1.54) is 36.4 Å². The molecule has 4 aromatic carbocycles. The number of urea groups is 1.